The lowest BCUT2D eigenvalue weighted by atomic mass is 10.2. The Morgan fingerprint density at radius 1 is 1.77 bits per heavy atom. The zero-order valence-corrected chi connectivity index (χ0v) is 7.54. The molecule has 0 radical (unpaired) electrons. The van der Waals surface area contributed by atoms with Crippen LogP contribution in [-0.4, -0.2) is 23.8 Å². The minimum atomic E-state index is 0.515. The van der Waals surface area contributed by atoms with E-state index in [9.17, 15) is 0 Å². The number of hydrogen-bond donors (Lipinski definition) is 2. The number of hydrogen-bond acceptors (Lipinski definition) is 3. The molecule has 0 aliphatic carbocycles. The van der Waals surface area contributed by atoms with Gasteiger partial charge in [-0.3, -0.25) is 5.10 Å². The van der Waals surface area contributed by atoms with Crippen LogP contribution in [0.3, 0.4) is 0 Å². The lowest BCUT2D eigenvalue weighted by Gasteiger charge is -1.90. The van der Waals surface area contributed by atoms with Gasteiger partial charge in [-0.25, -0.2) is 0 Å². The molecule has 0 aromatic carbocycles. The highest BCUT2D eigenvalue weighted by atomic mass is 15.1. The fraction of sp³-hybridized carbons (Fsp3) is 0.333. The van der Waals surface area contributed by atoms with Crippen LogP contribution in [0, 0.1) is 11.3 Å². The van der Waals surface area contributed by atoms with E-state index in [-0.39, 0.29) is 0 Å². The first kappa shape index (κ1) is 9.49. The lowest BCUT2D eigenvalue weighted by Crippen LogP contribution is -2.05. The normalized spacial score (nSPS) is 10.5. The summed E-state index contributed by atoms with van der Waals surface area (Å²) in [5.74, 6) is 0. The largest absolute Gasteiger partial charge is 0.319 e. The van der Waals surface area contributed by atoms with Crippen molar-refractivity contribution in [2.75, 3.05) is 13.6 Å². The van der Waals surface area contributed by atoms with Crippen molar-refractivity contribution in [1.29, 1.82) is 5.26 Å². The summed E-state index contributed by atoms with van der Waals surface area (Å²) in [4.78, 5) is 0. The molecule has 2 N–H and O–H groups in total. The average molecular weight is 176 g/mol. The molecule has 1 rings (SSSR count). The van der Waals surface area contributed by atoms with Crippen molar-refractivity contribution < 1.29 is 0 Å². The van der Waals surface area contributed by atoms with Crippen LogP contribution in [-0.2, 0) is 0 Å². The van der Waals surface area contributed by atoms with E-state index in [2.05, 4.69) is 15.5 Å². The number of aromatic amines is 1. The molecule has 4 nitrogen and oxygen atoms in total. The van der Waals surface area contributed by atoms with Gasteiger partial charge in [0, 0.05) is 5.56 Å². The van der Waals surface area contributed by atoms with Crippen LogP contribution < -0.4 is 5.32 Å². The van der Waals surface area contributed by atoms with E-state index in [1.165, 1.54) is 0 Å². The SMILES string of the molecule is CNCCC=Cc1cn[nH]c1C#N. The second kappa shape index (κ2) is 5.12. The second-order valence-electron chi connectivity index (χ2n) is 2.61. The minimum absolute atomic E-state index is 0.515. The summed E-state index contributed by atoms with van der Waals surface area (Å²) in [5, 5.41) is 18.1. The number of H-pyrrole nitrogens is 1. The standard InChI is InChI=1S/C9H12N4/c1-11-5-3-2-4-8-7-12-13-9(8)6-10/h2,4,7,11H,3,5H2,1H3,(H,12,13). The van der Waals surface area contributed by atoms with Gasteiger partial charge in [0.05, 0.1) is 6.20 Å². The van der Waals surface area contributed by atoms with E-state index >= 15 is 0 Å². The van der Waals surface area contributed by atoms with Crippen molar-refractivity contribution in [3.05, 3.63) is 23.5 Å². The van der Waals surface area contributed by atoms with Crippen molar-refractivity contribution in [2.45, 2.75) is 6.42 Å². The van der Waals surface area contributed by atoms with E-state index in [4.69, 9.17) is 5.26 Å². The predicted octanol–water partition coefficient (Wildman–Crippen LogP) is 0.904. The van der Waals surface area contributed by atoms with Crippen LogP contribution in [0.5, 0.6) is 0 Å². The van der Waals surface area contributed by atoms with Crippen LogP contribution in [0.4, 0.5) is 0 Å². The van der Waals surface area contributed by atoms with Gasteiger partial charge < -0.3 is 5.32 Å². The van der Waals surface area contributed by atoms with E-state index in [1.54, 1.807) is 6.20 Å². The Balaban J connectivity index is 2.54. The monoisotopic (exact) mass is 176 g/mol. The van der Waals surface area contributed by atoms with Crippen molar-refractivity contribution in [3.63, 3.8) is 0 Å². The molecule has 0 saturated heterocycles. The van der Waals surface area contributed by atoms with Crippen LogP contribution >= 0.6 is 0 Å². The quantitative estimate of drug-likeness (QED) is 0.670. The first-order valence-electron chi connectivity index (χ1n) is 4.13. The number of aromatic nitrogens is 2. The van der Waals surface area contributed by atoms with Crippen LogP contribution in [0.15, 0.2) is 12.3 Å². The van der Waals surface area contributed by atoms with Gasteiger partial charge in [-0.15, -0.1) is 0 Å². The maximum absolute atomic E-state index is 8.64. The molecule has 1 heterocycles. The predicted molar refractivity (Wildman–Crippen MR) is 50.9 cm³/mol. The van der Waals surface area contributed by atoms with E-state index in [0.717, 1.165) is 18.5 Å². The van der Waals surface area contributed by atoms with Crippen LogP contribution in [0.2, 0.25) is 0 Å². The fourth-order valence-corrected chi connectivity index (χ4v) is 0.949. The summed E-state index contributed by atoms with van der Waals surface area (Å²) in [6, 6.07) is 2.03. The second-order valence-corrected chi connectivity index (χ2v) is 2.61. The highest BCUT2D eigenvalue weighted by Gasteiger charge is 1.97. The molecule has 0 spiro atoms. The average Bonchev–Trinajstić information content (AvgIpc) is 2.60. The Bertz CT molecular complexity index is 319. The number of nitriles is 1. The molecule has 1 aromatic rings. The smallest absolute Gasteiger partial charge is 0.142 e. The Morgan fingerprint density at radius 3 is 3.31 bits per heavy atom. The van der Waals surface area contributed by atoms with Gasteiger partial charge in [0.15, 0.2) is 0 Å². The van der Waals surface area contributed by atoms with E-state index in [0.29, 0.717) is 5.69 Å². The van der Waals surface area contributed by atoms with Crippen molar-refractivity contribution in [2.24, 2.45) is 0 Å². The van der Waals surface area contributed by atoms with Gasteiger partial charge in [0.25, 0.3) is 0 Å². The molecule has 1 aromatic heterocycles. The van der Waals surface area contributed by atoms with Gasteiger partial charge in [0.1, 0.15) is 11.8 Å². The van der Waals surface area contributed by atoms with E-state index < -0.39 is 0 Å². The topological polar surface area (TPSA) is 64.5 Å². The fourth-order valence-electron chi connectivity index (χ4n) is 0.949. The van der Waals surface area contributed by atoms with E-state index in [1.807, 2.05) is 25.3 Å². The van der Waals surface area contributed by atoms with Crippen LogP contribution in [0.1, 0.15) is 17.7 Å². The molecule has 0 saturated carbocycles. The molecule has 0 aliphatic rings. The Kier molecular flexibility index (Phi) is 3.74. The summed E-state index contributed by atoms with van der Waals surface area (Å²) in [6.45, 7) is 0.941. The van der Waals surface area contributed by atoms with Crippen molar-refractivity contribution in [1.82, 2.24) is 15.5 Å². The minimum Gasteiger partial charge on any atom is -0.319 e. The van der Waals surface area contributed by atoms with Crippen LogP contribution in [0.25, 0.3) is 6.08 Å². The first-order valence-corrected chi connectivity index (χ1v) is 4.13. The maximum atomic E-state index is 8.64. The lowest BCUT2D eigenvalue weighted by molar-refractivity contribution is 0.809. The van der Waals surface area contributed by atoms with Gasteiger partial charge in [-0.1, -0.05) is 12.2 Å². The molecule has 68 valence electrons. The molecule has 0 amide bonds. The Hall–Kier alpha value is -1.60. The van der Waals surface area contributed by atoms with Gasteiger partial charge in [-0.05, 0) is 20.0 Å². The zero-order valence-electron chi connectivity index (χ0n) is 7.54. The number of nitrogens with zero attached hydrogens (tertiary/aromatic N) is 2. The van der Waals surface area contributed by atoms with Gasteiger partial charge >= 0.3 is 0 Å². The summed E-state index contributed by atoms with van der Waals surface area (Å²) < 4.78 is 0. The molecule has 0 aliphatic heterocycles. The molecule has 4 heteroatoms. The highest BCUT2D eigenvalue weighted by molar-refractivity contribution is 5.54. The van der Waals surface area contributed by atoms with Gasteiger partial charge in [0.2, 0.25) is 0 Å². The Morgan fingerprint density at radius 2 is 2.62 bits per heavy atom. The van der Waals surface area contributed by atoms with Crippen molar-refractivity contribution >= 4 is 6.08 Å². The molecule has 0 bridgehead atoms. The molecular formula is C9H12N4. The summed E-state index contributed by atoms with van der Waals surface area (Å²) >= 11 is 0. The third-order valence-electron chi connectivity index (χ3n) is 1.64. The first-order chi connectivity index (χ1) is 6.38. The third kappa shape index (κ3) is 2.73. The zero-order chi connectivity index (χ0) is 9.52. The summed E-state index contributed by atoms with van der Waals surface area (Å²) in [7, 11) is 1.91. The number of rotatable bonds is 4. The maximum Gasteiger partial charge on any atom is 0.142 e. The summed E-state index contributed by atoms with van der Waals surface area (Å²) in [6.07, 6.45) is 6.52. The van der Waals surface area contributed by atoms with Crippen molar-refractivity contribution in [3.8, 4) is 6.07 Å². The third-order valence-corrected chi connectivity index (χ3v) is 1.64. The Labute approximate surface area is 77.3 Å². The highest BCUT2D eigenvalue weighted by Crippen LogP contribution is 2.05. The molecule has 13 heavy (non-hydrogen) atoms. The molecule has 0 fully saturated rings. The molecule has 0 atom stereocenters. The van der Waals surface area contributed by atoms with Gasteiger partial charge in [-0.2, -0.15) is 10.4 Å². The summed E-state index contributed by atoms with van der Waals surface area (Å²) in [5.41, 5.74) is 1.36. The molecular weight excluding hydrogens is 164 g/mol. The molecule has 0 unspecified atom stereocenters. The number of nitrogens with one attached hydrogen (secondary N) is 2.